The Balaban J connectivity index is 1.64. The third-order valence-corrected chi connectivity index (χ3v) is 10.00. The van der Waals surface area contributed by atoms with Gasteiger partial charge in [-0.3, -0.25) is 9.10 Å². The van der Waals surface area contributed by atoms with E-state index in [-0.39, 0.29) is 40.0 Å². The van der Waals surface area contributed by atoms with Crippen LogP contribution in [0.5, 0.6) is 5.75 Å². The molecule has 3 aromatic rings. The number of nitrogens with zero attached hydrogens (tertiary/aromatic N) is 2. The molecule has 13 heteroatoms. The van der Waals surface area contributed by atoms with Crippen LogP contribution in [0.4, 0.5) is 11.4 Å². The fourth-order valence-electron chi connectivity index (χ4n) is 3.84. The van der Waals surface area contributed by atoms with Crippen molar-refractivity contribution in [1.82, 2.24) is 4.31 Å². The highest BCUT2D eigenvalue weighted by molar-refractivity contribution is 9.10. The zero-order valence-electron chi connectivity index (χ0n) is 20.4. The summed E-state index contributed by atoms with van der Waals surface area (Å²) in [5, 5.41) is 2.63. The Morgan fingerprint density at radius 1 is 0.974 bits per heavy atom. The van der Waals surface area contributed by atoms with E-state index < -0.39 is 32.5 Å². The van der Waals surface area contributed by atoms with Gasteiger partial charge < -0.3 is 14.8 Å². The van der Waals surface area contributed by atoms with Crippen LogP contribution in [0.3, 0.4) is 0 Å². The van der Waals surface area contributed by atoms with Gasteiger partial charge in [-0.25, -0.2) is 16.8 Å². The molecule has 0 saturated carbocycles. The summed E-state index contributed by atoms with van der Waals surface area (Å²) in [7, 11) is -6.56. The van der Waals surface area contributed by atoms with Crippen LogP contribution >= 0.6 is 15.9 Å². The van der Waals surface area contributed by atoms with Gasteiger partial charge in [-0.1, -0.05) is 34.1 Å². The van der Waals surface area contributed by atoms with E-state index >= 15 is 0 Å². The summed E-state index contributed by atoms with van der Waals surface area (Å²) in [4.78, 5) is 13.2. The van der Waals surface area contributed by atoms with Crippen molar-refractivity contribution in [3.8, 4) is 5.75 Å². The first-order valence-corrected chi connectivity index (χ1v) is 15.2. The normalized spacial score (nSPS) is 14.6. The Morgan fingerprint density at radius 3 is 2.26 bits per heavy atom. The zero-order valence-corrected chi connectivity index (χ0v) is 23.6. The number of sulfonamides is 2. The van der Waals surface area contributed by atoms with Gasteiger partial charge in [0.15, 0.2) is 0 Å². The van der Waals surface area contributed by atoms with Crippen LogP contribution in [0.15, 0.2) is 87.1 Å². The van der Waals surface area contributed by atoms with E-state index in [0.29, 0.717) is 13.2 Å². The van der Waals surface area contributed by atoms with Crippen LogP contribution in [0.25, 0.3) is 0 Å². The lowest BCUT2D eigenvalue weighted by Gasteiger charge is -2.26. The molecule has 0 aliphatic carbocycles. The van der Waals surface area contributed by atoms with Crippen LogP contribution in [-0.4, -0.2) is 67.0 Å². The summed E-state index contributed by atoms with van der Waals surface area (Å²) in [6.45, 7) is 0.453. The smallest absolute Gasteiger partial charge is 0.264 e. The number of carbonyl (C=O) groups excluding carboxylic acids is 1. The molecule has 3 aromatic carbocycles. The maximum absolute atomic E-state index is 13.5. The summed E-state index contributed by atoms with van der Waals surface area (Å²) in [6, 6.07) is 18.4. The molecule has 1 aliphatic rings. The predicted octanol–water partition coefficient (Wildman–Crippen LogP) is 3.31. The number of methoxy groups -OCH3 is 1. The first-order chi connectivity index (χ1) is 18.1. The minimum Gasteiger partial charge on any atom is -0.495 e. The monoisotopic (exact) mass is 623 g/mol. The average Bonchev–Trinajstić information content (AvgIpc) is 2.93. The molecule has 38 heavy (non-hydrogen) atoms. The second-order valence-electron chi connectivity index (χ2n) is 8.23. The van der Waals surface area contributed by atoms with Crippen LogP contribution in [0.2, 0.25) is 0 Å². The molecule has 0 spiro atoms. The lowest BCUT2D eigenvalue weighted by Crippen LogP contribution is -2.40. The first-order valence-electron chi connectivity index (χ1n) is 11.5. The topological polar surface area (TPSA) is 122 Å². The molecular weight excluding hydrogens is 598 g/mol. The fourth-order valence-corrected chi connectivity index (χ4v) is 6.98. The molecule has 0 bridgehead atoms. The van der Waals surface area contributed by atoms with Gasteiger partial charge in [0, 0.05) is 17.6 Å². The van der Waals surface area contributed by atoms with Crippen LogP contribution in [0.1, 0.15) is 0 Å². The molecule has 1 N–H and O–H groups in total. The Morgan fingerprint density at radius 2 is 1.63 bits per heavy atom. The summed E-state index contributed by atoms with van der Waals surface area (Å²) < 4.78 is 66.9. The number of ether oxygens (including phenoxy) is 2. The van der Waals surface area contributed by atoms with Gasteiger partial charge in [0.05, 0.1) is 41.5 Å². The average molecular weight is 625 g/mol. The number of carbonyl (C=O) groups is 1. The number of halogens is 1. The summed E-state index contributed by atoms with van der Waals surface area (Å²) in [5.41, 5.74) is 0.377. The maximum Gasteiger partial charge on any atom is 0.264 e. The van der Waals surface area contributed by atoms with Gasteiger partial charge in [0.25, 0.3) is 10.0 Å². The largest absolute Gasteiger partial charge is 0.495 e. The van der Waals surface area contributed by atoms with Gasteiger partial charge >= 0.3 is 0 Å². The van der Waals surface area contributed by atoms with E-state index in [0.717, 1.165) is 8.78 Å². The van der Waals surface area contributed by atoms with Gasteiger partial charge in [0.2, 0.25) is 15.9 Å². The molecule has 202 valence electrons. The van der Waals surface area contributed by atoms with Crippen molar-refractivity contribution in [3.05, 3.63) is 77.3 Å². The van der Waals surface area contributed by atoms with Crippen molar-refractivity contribution in [2.24, 2.45) is 0 Å². The highest BCUT2D eigenvalue weighted by atomic mass is 79.9. The van der Waals surface area contributed by atoms with Crippen molar-refractivity contribution in [2.45, 2.75) is 9.79 Å². The number of hydrogen-bond donors (Lipinski definition) is 1. The quantitative estimate of drug-likeness (QED) is 0.388. The number of hydrogen-bond acceptors (Lipinski definition) is 7. The highest BCUT2D eigenvalue weighted by Crippen LogP contribution is 2.30. The van der Waals surface area contributed by atoms with E-state index in [4.69, 9.17) is 9.47 Å². The molecule has 1 aliphatic heterocycles. The Labute approximate surface area is 230 Å². The van der Waals surface area contributed by atoms with Crippen molar-refractivity contribution in [1.29, 1.82) is 0 Å². The third-order valence-electron chi connectivity index (χ3n) is 5.79. The molecule has 1 amide bonds. The number of morpholine rings is 1. The Hall–Kier alpha value is -2.97. The molecule has 0 aromatic heterocycles. The number of nitrogens with one attached hydrogen (secondary N) is 1. The third kappa shape index (κ3) is 6.18. The van der Waals surface area contributed by atoms with Crippen molar-refractivity contribution in [3.63, 3.8) is 0 Å². The van der Waals surface area contributed by atoms with E-state index in [1.54, 1.807) is 42.5 Å². The number of rotatable bonds is 9. The minimum absolute atomic E-state index is 0.0203. The maximum atomic E-state index is 13.5. The Bertz CT molecular complexity index is 1490. The fraction of sp³-hybridized carbons (Fsp3) is 0.240. The van der Waals surface area contributed by atoms with Crippen LogP contribution in [-0.2, 0) is 29.6 Å². The summed E-state index contributed by atoms with van der Waals surface area (Å²) >= 11 is 3.33. The SMILES string of the molecule is COc1ccc(S(=O)(=O)N2CCOCC2)cc1NC(=O)CN(c1ccc(Br)cc1)S(=O)(=O)c1ccccc1. The lowest BCUT2D eigenvalue weighted by molar-refractivity contribution is -0.114. The molecule has 10 nitrogen and oxygen atoms in total. The minimum atomic E-state index is -4.10. The van der Waals surface area contributed by atoms with E-state index in [1.165, 1.54) is 41.7 Å². The van der Waals surface area contributed by atoms with E-state index in [9.17, 15) is 21.6 Å². The predicted molar refractivity (Wildman–Crippen MR) is 146 cm³/mol. The standard InChI is InChI=1S/C25H26BrN3O7S2/c1-35-24-12-11-22(37(31,32)28-13-15-36-16-14-28)17-23(24)27-25(30)18-29(20-9-7-19(26)8-10-20)38(33,34)21-5-3-2-4-6-21/h2-12,17H,13-16,18H2,1H3,(H,27,30). The van der Waals surface area contributed by atoms with Gasteiger partial charge in [0.1, 0.15) is 12.3 Å². The van der Waals surface area contributed by atoms with Crippen molar-refractivity contribution >= 4 is 53.3 Å². The molecule has 1 fully saturated rings. The summed E-state index contributed by atoms with van der Waals surface area (Å²) in [6.07, 6.45) is 0. The van der Waals surface area contributed by atoms with Crippen molar-refractivity contribution < 1.29 is 31.1 Å². The first kappa shape index (κ1) is 28.0. The molecule has 0 radical (unpaired) electrons. The van der Waals surface area contributed by atoms with E-state index in [1.807, 2.05) is 0 Å². The highest BCUT2D eigenvalue weighted by Gasteiger charge is 2.29. The number of benzene rings is 3. The molecule has 1 heterocycles. The molecular formula is C25H26BrN3O7S2. The van der Waals surface area contributed by atoms with E-state index in [2.05, 4.69) is 21.2 Å². The number of amides is 1. The second kappa shape index (κ2) is 11.8. The Kier molecular flexibility index (Phi) is 8.73. The van der Waals surface area contributed by atoms with Gasteiger partial charge in [-0.05, 0) is 54.6 Å². The van der Waals surface area contributed by atoms with Gasteiger partial charge in [-0.15, -0.1) is 0 Å². The lowest BCUT2D eigenvalue weighted by atomic mass is 10.3. The van der Waals surface area contributed by atoms with Gasteiger partial charge in [-0.2, -0.15) is 4.31 Å². The second-order valence-corrected chi connectivity index (χ2v) is 12.9. The van der Waals surface area contributed by atoms with Crippen LogP contribution in [0, 0.1) is 0 Å². The molecule has 0 unspecified atom stereocenters. The summed E-state index contributed by atoms with van der Waals surface area (Å²) in [5.74, 6) is -0.466. The number of anilines is 2. The molecule has 1 saturated heterocycles. The molecule has 0 atom stereocenters. The van der Waals surface area contributed by atoms with Crippen molar-refractivity contribution in [2.75, 3.05) is 49.6 Å². The van der Waals surface area contributed by atoms with Crippen LogP contribution < -0.4 is 14.4 Å². The zero-order chi connectivity index (χ0) is 27.3. The molecule has 4 rings (SSSR count).